The van der Waals surface area contributed by atoms with Crippen molar-refractivity contribution in [3.63, 3.8) is 0 Å². The highest BCUT2D eigenvalue weighted by Gasteiger charge is 2.31. The van der Waals surface area contributed by atoms with Crippen molar-refractivity contribution >= 4 is 34.1 Å². The lowest BCUT2D eigenvalue weighted by Crippen LogP contribution is -2.30. The quantitative estimate of drug-likeness (QED) is 0.774. The summed E-state index contributed by atoms with van der Waals surface area (Å²) >= 11 is 1.45. The van der Waals surface area contributed by atoms with Gasteiger partial charge < -0.3 is 0 Å². The lowest BCUT2D eigenvalue weighted by Gasteiger charge is -2.24. The monoisotopic (exact) mass is 366 g/mol. The fraction of sp³-hybridized carbons (Fsp3) is 0.238. The first-order valence-corrected chi connectivity index (χ1v) is 9.75. The van der Waals surface area contributed by atoms with E-state index in [0.29, 0.717) is 16.6 Å². The Hall–Kier alpha value is -2.40. The van der Waals surface area contributed by atoms with Crippen LogP contribution in [0.4, 0.5) is 10.1 Å². The zero-order chi connectivity index (χ0) is 17.9. The molecule has 0 saturated carbocycles. The van der Waals surface area contributed by atoms with Gasteiger partial charge in [-0.2, -0.15) is 0 Å². The molecule has 0 spiro atoms. The molecular weight excluding hydrogens is 347 g/mol. The van der Waals surface area contributed by atoms with E-state index in [9.17, 15) is 9.18 Å². The number of amidine groups is 1. The Morgan fingerprint density at radius 3 is 2.62 bits per heavy atom. The number of nitrogens with zero attached hydrogens (tertiary/aromatic N) is 2. The summed E-state index contributed by atoms with van der Waals surface area (Å²) in [5.41, 5.74) is 3.08. The molecule has 5 heteroatoms. The summed E-state index contributed by atoms with van der Waals surface area (Å²) in [6.07, 6.45) is 5.37. The topological polar surface area (TPSA) is 32.7 Å². The maximum atomic E-state index is 13.2. The number of aliphatic imine (C=N–C) groups is 1. The van der Waals surface area contributed by atoms with Crippen LogP contribution < -0.4 is 4.90 Å². The van der Waals surface area contributed by atoms with Crippen LogP contribution in [-0.2, 0) is 4.79 Å². The minimum absolute atomic E-state index is 0.0126. The number of anilines is 1. The van der Waals surface area contributed by atoms with Gasteiger partial charge in [-0.3, -0.25) is 14.7 Å². The fourth-order valence-corrected chi connectivity index (χ4v) is 4.29. The van der Waals surface area contributed by atoms with Crippen molar-refractivity contribution in [1.82, 2.24) is 0 Å². The first-order chi connectivity index (χ1) is 12.7. The summed E-state index contributed by atoms with van der Waals surface area (Å²) in [6.45, 7) is 0. The molecule has 1 aliphatic carbocycles. The third-order valence-corrected chi connectivity index (χ3v) is 5.57. The van der Waals surface area contributed by atoms with Crippen molar-refractivity contribution in [2.75, 3.05) is 10.7 Å². The molecule has 2 aliphatic rings. The third kappa shape index (κ3) is 3.44. The zero-order valence-corrected chi connectivity index (χ0v) is 15.1. The summed E-state index contributed by atoms with van der Waals surface area (Å²) in [5.74, 6) is 0.0439. The molecule has 0 aromatic heterocycles. The van der Waals surface area contributed by atoms with Gasteiger partial charge in [0.1, 0.15) is 5.82 Å². The SMILES string of the molecule is O=C1CSC(=NC2CCCC=C2c2ccccc2)N1c1ccc(F)cc1. The molecule has 3 nitrogen and oxygen atoms in total. The largest absolute Gasteiger partial charge is 0.273 e. The normalized spacial score (nSPS) is 22.0. The van der Waals surface area contributed by atoms with Gasteiger partial charge in [-0.15, -0.1) is 0 Å². The molecule has 1 saturated heterocycles. The van der Waals surface area contributed by atoms with E-state index in [4.69, 9.17) is 4.99 Å². The summed E-state index contributed by atoms with van der Waals surface area (Å²) in [6, 6.07) is 16.3. The number of halogens is 1. The van der Waals surface area contributed by atoms with Crippen LogP contribution in [0.5, 0.6) is 0 Å². The molecule has 1 aliphatic heterocycles. The van der Waals surface area contributed by atoms with Crippen molar-refractivity contribution in [3.8, 4) is 0 Å². The molecule has 1 unspecified atom stereocenters. The van der Waals surface area contributed by atoms with Gasteiger partial charge in [0.2, 0.25) is 5.91 Å². The molecule has 4 rings (SSSR count). The van der Waals surface area contributed by atoms with Gasteiger partial charge in [0.05, 0.1) is 17.5 Å². The summed E-state index contributed by atoms with van der Waals surface area (Å²) < 4.78 is 13.2. The van der Waals surface area contributed by atoms with Crippen LogP contribution in [0.3, 0.4) is 0 Å². The molecule has 0 radical (unpaired) electrons. The van der Waals surface area contributed by atoms with Crippen LogP contribution in [0.15, 0.2) is 65.7 Å². The Morgan fingerprint density at radius 2 is 1.85 bits per heavy atom. The summed E-state index contributed by atoms with van der Waals surface area (Å²) in [7, 11) is 0. The second-order valence-corrected chi connectivity index (χ2v) is 7.32. The highest BCUT2D eigenvalue weighted by Crippen LogP contribution is 2.33. The standard InChI is InChI=1S/C21H19FN2OS/c22-16-10-12-17(13-11-16)24-20(25)14-26-21(24)23-19-9-5-4-8-18(19)15-6-2-1-3-7-15/h1-3,6-8,10-13,19H,4-5,9,14H2. The second kappa shape index (κ2) is 7.46. The molecule has 1 fully saturated rings. The maximum absolute atomic E-state index is 13.2. The van der Waals surface area contributed by atoms with E-state index in [1.807, 2.05) is 18.2 Å². The highest BCUT2D eigenvalue weighted by atomic mass is 32.2. The van der Waals surface area contributed by atoms with Crippen LogP contribution >= 0.6 is 11.8 Å². The molecule has 0 bridgehead atoms. The van der Waals surface area contributed by atoms with Crippen LogP contribution in [0.1, 0.15) is 24.8 Å². The summed E-state index contributed by atoms with van der Waals surface area (Å²) in [4.78, 5) is 18.9. The number of amides is 1. The Bertz CT molecular complexity index is 861. The van der Waals surface area contributed by atoms with Crippen molar-refractivity contribution in [2.45, 2.75) is 25.3 Å². The molecule has 132 valence electrons. The van der Waals surface area contributed by atoms with E-state index < -0.39 is 0 Å². The lowest BCUT2D eigenvalue weighted by molar-refractivity contribution is -0.115. The number of hydrogen-bond acceptors (Lipinski definition) is 3. The number of rotatable bonds is 3. The molecule has 2 aromatic carbocycles. The number of allylic oxidation sites excluding steroid dienone is 1. The molecule has 1 atom stereocenters. The molecule has 2 aromatic rings. The van der Waals surface area contributed by atoms with Gasteiger partial charge in [-0.25, -0.2) is 4.39 Å². The van der Waals surface area contributed by atoms with Gasteiger partial charge in [0.15, 0.2) is 5.17 Å². The van der Waals surface area contributed by atoms with E-state index in [1.165, 1.54) is 35.0 Å². The van der Waals surface area contributed by atoms with Gasteiger partial charge >= 0.3 is 0 Å². The van der Waals surface area contributed by atoms with E-state index in [-0.39, 0.29) is 17.8 Å². The predicted octanol–water partition coefficient (Wildman–Crippen LogP) is 4.90. The maximum Gasteiger partial charge on any atom is 0.243 e. The number of hydrogen-bond donors (Lipinski definition) is 0. The van der Waals surface area contributed by atoms with Crippen LogP contribution in [-0.4, -0.2) is 22.9 Å². The summed E-state index contributed by atoms with van der Waals surface area (Å²) in [5, 5.41) is 0.704. The predicted molar refractivity (Wildman–Crippen MR) is 106 cm³/mol. The fourth-order valence-electron chi connectivity index (χ4n) is 3.37. The van der Waals surface area contributed by atoms with Gasteiger partial charge in [-0.05, 0) is 54.7 Å². The van der Waals surface area contributed by atoms with E-state index in [0.717, 1.165) is 19.3 Å². The van der Waals surface area contributed by atoms with Crippen molar-refractivity contribution in [2.24, 2.45) is 4.99 Å². The van der Waals surface area contributed by atoms with Crippen LogP contribution in [0, 0.1) is 5.82 Å². The number of benzene rings is 2. The average Bonchev–Trinajstić information content (AvgIpc) is 3.04. The molecule has 1 heterocycles. The second-order valence-electron chi connectivity index (χ2n) is 6.38. The van der Waals surface area contributed by atoms with Crippen molar-refractivity contribution in [3.05, 3.63) is 72.1 Å². The van der Waals surface area contributed by atoms with Crippen LogP contribution in [0.25, 0.3) is 5.57 Å². The zero-order valence-electron chi connectivity index (χ0n) is 14.3. The van der Waals surface area contributed by atoms with E-state index in [1.54, 1.807) is 17.0 Å². The Labute approximate surface area is 156 Å². The first kappa shape index (κ1) is 17.0. The van der Waals surface area contributed by atoms with Crippen molar-refractivity contribution < 1.29 is 9.18 Å². The average molecular weight is 366 g/mol. The Balaban J connectivity index is 1.67. The molecule has 26 heavy (non-hydrogen) atoms. The van der Waals surface area contributed by atoms with E-state index in [2.05, 4.69) is 18.2 Å². The van der Waals surface area contributed by atoms with Gasteiger partial charge in [0.25, 0.3) is 0 Å². The molecular formula is C21H19FN2OS. The van der Waals surface area contributed by atoms with E-state index >= 15 is 0 Å². The van der Waals surface area contributed by atoms with Crippen LogP contribution in [0.2, 0.25) is 0 Å². The number of carbonyl (C=O) groups excluding carboxylic acids is 1. The molecule has 1 amide bonds. The first-order valence-electron chi connectivity index (χ1n) is 8.77. The number of thioether (sulfide) groups is 1. The molecule has 0 N–H and O–H groups in total. The Morgan fingerprint density at radius 1 is 1.08 bits per heavy atom. The highest BCUT2D eigenvalue weighted by molar-refractivity contribution is 8.15. The third-order valence-electron chi connectivity index (χ3n) is 4.63. The smallest absolute Gasteiger partial charge is 0.243 e. The van der Waals surface area contributed by atoms with Crippen molar-refractivity contribution in [1.29, 1.82) is 0 Å². The Kier molecular flexibility index (Phi) is 4.89. The van der Waals surface area contributed by atoms with Gasteiger partial charge in [0, 0.05) is 0 Å². The lowest BCUT2D eigenvalue weighted by atomic mass is 9.89. The minimum atomic E-state index is -0.312. The number of carbonyl (C=O) groups is 1. The van der Waals surface area contributed by atoms with Gasteiger partial charge in [-0.1, -0.05) is 48.2 Å². The minimum Gasteiger partial charge on any atom is -0.273 e.